The minimum absolute atomic E-state index is 0.00514. The highest BCUT2D eigenvalue weighted by molar-refractivity contribution is 6.33. The van der Waals surface area contributed by atoms with E-state index in [0.29, 0.717) is 79.3 Å². The molecule has 4 heterocycles. The number of halogens is 2. The maximum atomic E-state index is 14.4. The molecule has 3 aromatic heterocycles. The zero-order valence-electron chi connectivity index (χ0n) is 39.5. The van der Waals surface area contributed by atoms with Crippen LogP contribution in [0.25, 0.3) is 39.2 Å². The average Bonchev–Trinajstić information content (AvgIpc) is 3.76. The molecule has 0 bridgehead atoms. The lowest BCUT2D eigenvalue weighted by Crippen LogP contribution is -2.45. The molecule has 1 fully saturated rings. The Labute approximate surface area is 409 Å². The molecule has 4 aromatic carbocycles. The molecule has 16 nitrogen and oxygen atoms in total. The van der Waals surface area contributed by atoms with E-state index in [-0.39, 0.29) is 25.5 Å². The predicted molar refractivity (Wildman–Crippen MR) is 260 cm³/mol. The summed E-state index contributed by atoms with van der Waals surface area (Å²) < 4.78 is 56.6. The third-order valence-corrected chi connectivity index (χ3v) is 12.2. The van der Waals surface area contributed by atoms with E-state index in [9.17, 15) is 14.0 Å². The van der Waals surface area contributed by atoms with Gasteiger partial charge in [-0.15, -0.1) is 0 Å². The van der Waals surface area contributed by atoms with Crippen molar-refractivity contribution >= 4 is 29.2 Å². The molecule has 1 saturated heterocycles. The summed E-state index contributed by atoms with van der Waals surface area (Å²) in [4.78, 5) is 45.0. The molecule has 0 radical (unpaired) electrons. The number of benzene rings is 4. The van der Waals surface area contributed by atoms with E-state index in [1.165, 1.54) is 25.4 Å². The lowest BCUT2D eigenvalue weighted by Gasteiger charge is -2.32. The van der Waals surface area contributed by atoms with Crippen LogP contribution in [0.15, 0.2) is 110 Å². The van der Waals surface area contributed by atoms with E-state index in [0.717, 1.165) is 38.3 Å². The number of hydrogen-bond donors (Lipinski definition) is 0. The van der Waals surface area contributed by atoms with Crippen LogP contribution in [0.2, 0.25) is 5.02 Å². The lowest BCUT2D eigenvalue weighted by atomic mass is 9.94. The Morgan fingerprint density at radius 3 is 2.37 bits per heavy atom. The number of aromatic nitrogens is 5. The van der Waals surface area contributed by atoms with Crippen LogP contribution in [0.4, 0.5) is 9.18 Å². The molecule has 18 heteroatoms. The highest BCUT2D eigenvalue weighted by Gasteiger charge is 2.31. The van der Waals surface area contributed by atoms with Crippen LogP contribution in [0, 0.1) is 12.7 Å². The molecule has 2 atom stereocenters. The van der Waals surface area contributed by atoms with E-state index in [2.05, 4.69) is 31.9 Å². The van der Waals surface area contributed by atoms with Crippen molar-refractivity contribution < 1.29 is 47.1 Å². The topological polar surface area (TPSA) is 161 Å². The number of piperazine rings is 1. The number of para-hydroxylation sites is 2. The van der Waals surface area contributed by atoms with Crippen molar-refractivity contribution in [1.29, 1.82) is 0 Å². The third kappa shape index (κ3) is 11.7. The third-order valence-electron chi connectivity index (χ3n) is 11.7. The maximum absolute atomic E-state index is 14.4. The molecular formula is C52H53ClFN7O9. The summed E-state index contributed by atoms with van der Waals surface area (Å²) in [6.07, 6.45) is 0.841. The maximum Gasteiger partial charge on any atom is 0.511 e. The van der Waals surface area contributed by atoms with E-state index in [1.54, 1.807) is 73.4 Å². The van der Waals surface area contributed by atoms with Crippen molar-refractivity contribution in [3.8, 4) is 56.8 Å². The number of carbonyl (C=O) groups excluding carboxylic acids is 2. The van der Waals surface area contributed by atoms with E-state index in [4.69, 9.17) is 49.7 Å². The number of likely N-dealkylation sites (N-methyl/N-ethyl adjacent to an activating group) is 1. The van der Waals surface area contributed by atoms with Crippen molar-refractivity contribution in [3.63, 3.8) is 0 Å². The van der Waals surface area contributed by atoms with Gasteiger partial charge in [-0.3, -0.25) is 4.90 Å². The van der Waals surface area contributed by atoms with Gasteiger partial charge in [0.15, 0.2) is 5.82 Å². The quantitative estimate of drug-likeness (QED) is 0.0558. The summed E-state index contributed by atoms with van der Waals surface area (Å²) in [6, 6.07) is 26.2. The first kappa shape index (κ1) is 49.1. The number of rotatable bonds is 19. The van der Waals surface area contributed by atoms with Gasteiger partial charge in [0.2, 0.25) is 18.3 Å². The normalized spacial score (nSPS) is 13.9. The standard InChI is InChI=1S/C52H53ClFN7O9/c1-6-65-52(63)69-34(3)68-51(62)45(29-36-11-7-9-13-42(36)67-31-38-21-22-55-49(58-38)40-12-8-10-14-43(40)64-5)70-50-48-46(41(30-61(48)57-32-56-50)35-15-17-37(54)18-16-35)39-19-20-44(47(53)33(39)2)66-28-27-60-25-23-59(4)24-26-60/h7-22,30,32,34,45H,6,23-29,31H2,1-5H3. The Hall–Kier alpha value is -7.34. The smallest absolute Gasteiger partial charge is 0.496 e. The lowest BCUT2D eigenvalue weighted by molar-refractivity contribution is -0.176. The van der Waals surface area contributed by atoms with Crippen LogP contribution >= 0.6 is 11.6 Å². The van der Waals surface area contributed by atoms with E-state index < -0.39 is 30.3 Å². The number of methoxy groups -OCH3 is 1. The molecule has 0 saturated carbocycles. The second-order valence-corrected chi connectivity index (χ2v) is 16.8. The predicted octanol–water partition coefficient (Wildman–Crippen LogP) is 8.89. The molecule has 8 rings (SSSR count). The van der Waals surface area contributed by atoms with Crippen molar-refractivity contribution in [2.24, 2.45) is 0 Å². The minimum atomic E-state index is -1.41. The van der Waals surface area contributed by atoms with E-state index in [1.807, 2.05) is 43.3 Å². The van der Waals surface area contributed by atoms with Gasteiger partial charge < -0.3 is 38.1 Å². The fourth-order valence-corrected chi connectivity index (χ4v) is 8.27. The molecule has 0 spiro atoms. The number of nitrogens with zero attached hydrogens (tertiary/aromatic N) is 7. The number of hydrogen-bond acceptors (Lipinski definition) is 15. The van der Waals surface area contributed by atoms with Crippen LogP contribution in [0.1, 0.15) is 30.7 Å². The zero-order chi connectivity index (χ0) is 49.1. The fraction of sp³-hybridized carbons (Fsp3) is 0.308. The van der Waals surface area contributed by atoms with Crippen molar-refractivity contribution in [2.75, 3.05) is 60.1 Å². The van der Waals surface area contributed by atoms with Crippen LogP contribution in [0.5, 0.6) is 23.1 Å². The van der Waals surface area contributed by atoms with Gasteiger partial charge in [-0.1, -0.05) is 60.1 Å². The number of carbonyl (C=O) groups is 2. The molecular weight excluding hydrogens is 921 g/mol. The van der Waals surface area contributed by atoms with Crippen LogP contribution in [-0.4, -0.2) is 119 Å². The highest BCUT2D eigenvalue weighted by Crippen LogP contribution is 2.44. The molecule has 0 aliphatic carbocycles. The molecule has 2 unspecified atom stereocenters. The van der Waals surface area contributed by atoms with Crippen molar-refractivity contribution in [3.05, 3.63) is 137 Å². The zero-order valence-corrected chi connectivity index (χ0v) is 40.2. The van der Waals surface area contributed by atoms with Gasteiger partial charge in [0.25, 0.3) is 0 Å². The molecule has 1 aliphatic rings. The monoisotopic (exact) mass is 973 g/mol. The molecule has 70 heavy (non-hydrogen) atoms. The molecule has 1 aliphatic heterocycles. The Morgan fingerprint density at radius 1 is 0.843 bits per heavy atom. The summed E-state index contributed by atoms with van der Waals surface area (Å²) in [5.41, 5.74) is 5.54. The highest BCUT2D eigenvalue weighted by atomic mass is 35.5. The van der Waals surface area contributed by atoms with Gasteiger partial charge in [-0.05, 0) is 85.6 Å². The Morgan fingerprint density at radius 2 is 1.60 bits per heavy atom. The Kier molecular flexibility index (Phi) is 16.0. The second kappa shape index (κ2) is 22.8. The summed E-state index contributed by atoms with van der Waals surface area (Å²) in [5.74, 6) is 0.759. The van der Waals surface area contributed by atoms with Gasteiger partial charge in [0.05, 0.1) is 30.0 Å². The molecule has 0 amide bonds. The molecule has 7 aromatic rings. The van der Waals surface area contributed by atoms with Crippen LogP contribution < -0.4 is 18.9 Å². The van der Waals surface area contributed by atoms with Gasteiger partial charge in [0.1, 0.15) is 48.1 Å². The largest absolute Gasteiger partial charge is 0.511 e. The van der Waals surface area contributed by atoms with Gasteiger partial charge in [-0.2, -0.15) is 10.1 Å². The number of esters is 1. The van der Waals surface area contributed by atoms with Crippen molar-refractivity contribution in [1.82, 2.24) is 34.4 Å². The number of ether oxygens (including phenoxy) is 7. The van der Waals surface area contributed by atoms with Crippen molar-refractivity contribution in [2.45, 2.75) is 46.2 Å². The SMILES string of the molecule is CCOC(=O)OC(C)OC(=O)C(Cc1ccccc1OCc1ccnc(-c2ccccc2OC)n1)Oc1ncnn2cc(-c3ccc(F)cc3)c(-c3ccc(OCCN4CCN(C)CC4)c(Cl)c3C)c12. The first-order chi connectivity index (χ1) is 34.0. The summed E-state index contributed by atoms with van der Waals surface area (Å²) >= 11 is 7.12. The molecule has 0 N–H and O–H groups in total. The van der Waals surface area contributed by atoms with Gasteiger partial charge >= 0.3 is 12.1 Å². The fourth-order valence-electron chi connectivity index (χ4n) is 8.05. The summed E-state index contributed by atoms with van der Waals surface area (Å²) in [6.45, 7) is 10.1. The molecule has 364 valence electrons. The van der Waals surface area contributed by atoms with Gasteiger partial charge in [0, 0.05) is 69.6 Å². The first-order valence-corrected chi connectivity index (χ1v) is 23.2. The summed E-state index contributed by atoms with van der Waals surface area (Å²) in [7, 11) is 3.70. The van der Waals surface area contributed by atoms with E-state index >= 15 is 0 Å². The summed E-state index contributed by atoms with van der Waals surface area (Å²) in [5, 5.41) is 4.96. The Bertz CT molecular complexity index is 2930. The van der Waals surface area contributed by atoms with Gasteiger partial charge in [-0.25, -0.2) is 28.5 Å². The Balaban J connectivity index is 1.13. The second-order valence-electron chi connectivity index (χ2n) is 16.4. The first-order valence-electron chi connectivity index (χ1n) is 22.8. The van der Waals surface area contributed by atoms with Crippen LogP contribution in [0.3, 0.4) is 0 Å². The minimum Gasteiger partial charge on any atom is -0.496 e. The van der Waals surface area contributed by atoms with Crippen LogP contribution in [-0.2, 0) is 32.0 Å². The average molecular weight is 974 g/mol. The number of fused-ring (bicyclic) bond motifs is 1.